The highest BCUT2D eigenvalue weighted by Gasteiger charge is 2.15. The molecule has 0 aliphatic rings. The molecular weight excluding hydrogens is 414 g/mol. The van der Waals surface area contributed by atoms with Gasteiger partial charge in [0.2, 0.25) is 5.91 Å². The monoisotopic (exact) mass is 439 g/mol. The van der Waals surface area contributed by atoms with Crippen molar-refractivity contribution in [3.8, 4) is 5.75 Å². The number of thioether (sulfide) groups is 1. The molecule has 0 bridgehead atoms. The van der Waals surface area contributed by atoms with Crippen LogP contribution in [-0.2, 0) is 17.9 Å². The van der Waals surface area contributed by atoms with Crippen molar-refractivity contribution in [2.45, 2.75) is 32.1 Å². The number of amides is 2. The van der Waals surface area contributed by atoms with Gasteiger partial charge in [0.1, 0.15) is 5.75 Å². The molecule has 0 fully saturated rings. The first-order valence-electron chi connectivity index (χ1n) is 9.84. The smallest absolute Gasteiger partial charge is 0.251 e. The minimum Gasteiger partial charge on any atom is -0.495 e. The third-order valence-corrected chi connectivity index (χ3v) is 5.48. The molecule has 31 heavy (non-hydrogen) atoms. The average Bonchev–Trinajstić information content (AvgIpc) is 3.18. The van der Waals surface area contributed by atoms with E-state index < -0.39 is 0 Å². The van der Waals surface area contributed by atoms with E-state index in [0.717, 1.165) is 5.56 Å². The topological polar surface area (TPSA) is 98.1 Å². The summed E-state index contributed by atoms with van der Waals surface area (Å²) in [6.07, 6.45) is 0. The van der Waals surface area contributed by atoms with E-state index in [0.29, 0.717) is 34.5 Å². The van der Waals surface area contributed by atoms with Crippen LogP contribution in [0.5, 0.6) is 5.75 Å². The number of nitrogens with zero attached hydrogens (tertiary/aromatic N) is 3. The van der Waals surface area contributed by atoms with E-state index in [4.69, 9.17) is 4.74 Å². The number of carbonyl (C=O) groups excluding carboxylic acids is 2. The van der Waals surface area contributed by atoms with Crippen molar-refractivity contribution in [2.75, 3.05) is 18.2 Å². The largest absolute Gasteiger partial charge is 0.495 e. The van der Waals surface area contributed by atoms with Gasteiger partial charge in [-0.2, -0.15) is 0 Å². The van der Waals surface area contributed by atoms with E-state index in [-0.39, 0.29) is 24.1 Å². The summed E-state index contributed by atoms with van der Waals surface area (Å²) in [6.45, 7) is 4.79. The Hall–Kier alpha value is -3.33. The number of aromatic nitrogens is 3. The number of rotatable bonds is 9. The van der Waals surface area contributed by atoms with Crippen LogP contribution in [0.1, 0.15) is 28.7 Å². The number of methoxy groups -OCH3 is 1. The molecule has 2 amide bonds. The fourth-order valence-corrected chi connectivity index (χ4v) is 3.78. The molecule has 1 aromatic heterocycles. The SMILES string of the molecule is CCn1c(CNC(=O)c2ccccc2)nnc1SCC(=O)Nc1cc(C)ccc1OC. The highest BCUT2D eigenvalue weighted by Crippen LogP contribution is 2.26. The zero-order valence-corrected chi connectivity index (χ0v) is 18.5. The summed E-state index contributed by atoms with van der Waals surface area (Å²) in [4.78, 5) is 24.7. The second-order valence-electron chi connectivity index (χ2n) is 6.73. The van der Waals surface area contributed by atoms with Crippen LogP contribution in [0.4, 0.5) is 5.69 Å². The Morgan fingerprint density at radius 3 is 2.61 bits per heavy atom. The molecule has 0 saturated carbocycles. The lowest BCUT2D eigenvalue weighted by atomic mass is 10.2. The number of aryl methyl sites for hydroxylation is 1. The van der Waals surface area contributed by atoms with Crippen LogP contribution in [0.15, 0.2) is 53.7 Å². The standard InChI is InChI=1S/C22H25N5O3S/c1-4-27-19(13-23-21(29)16-8-6-5-7-9-16)25-26-22(27)31-14-20(28)24-17-12-15(2)10-11-18(17)30-3/h5-12H,4,13-14H2,1-3H3,(H,23,29)(H,24,28). The molecule has 0 spiro atoms. The van der Waals surface area contributed by atoms with Crippen LogP contribution in [0.25, 0.3) is 0 Å². The molecule has 0 unspecified atom stereocenters. The second kappa shape index (κ2) is 10.6. The summed E-state index contributed by atoms with van der Waals surface area (Å²) >= 11 is 1.29. The molecule has 1 heterocycles. The summed E-state index contributed by atoms with van der Waals surface area (Å²) in [5, 5.41) is 14.7. The van der Waals surface area contributed by atoms with E-state index in [2.05, 4.69) is 20.8 Å². The summed E-state index contributed by atoms with van der Waals surface area (Å²) < 4.78 is 7.18. The fraction of sp³-hybridized carbons (Fsp3) is 0.273. The first-order chi connectivity index (χ1) is 15.0. The van der Waals surface area contributed by atoms with Gasteiger partial charge in [0.25, 0.3) is 5.91 Å². The van der Waals surface area contributed by atoms with E-state index in [9.17, 15) is 9.59 Å². The molecule has 2 aromatic carbocycles. The number of nitrogens with one attached hydrogen (secondary N) is 2. The molecule has 3 rings (SSSR count). The summed E-state index contributed by atoms with van der Waals surface area (Å²) in [5.74, 6) is 1.07. The molecule has 0 atom stereocenters. The van der Waals surface area contributed by atoms with Gasteiger partial charge in [0, 0.05) is 12.1 Å². The number of hydrogen-bond donors (Lipinski definition) is 2. The molecular formula is C22H25N5O3S. The maximum Gasteiger partial charge on any atom is 0.251 e. The Kier molecular flexibility index (Phi) is 7.66. The average molecular weight is 440 g/mol. The van der Waals surface area contributed by atoms with Gasteiger partial charge in [0.05, 0.1) is 25.1 Å². The van der Waals surface area contributed by atoms with Crippen molar-refractivity contribution >= 4 is 29.3 Å². The van der Waals surface area contributed by atoms with Crippen molar-refractivity contribution in [2.24, 2.45) is 0 Å². The molecule has 0 saturated heterocycles. The van der Waals surface area contributed by atoms with Gasteiger partial charge in [-0.05, 0) is 43.7 Å². The van der Waals surface area contributed by atoms with Crippen LogP contribution in [0.3, 0.4) is 0 Å². The normalized spacial score (nSPS) is 10.5. The van der Waals surface area contributed by atoms with Gasteiger partial charge in [-0.15, -0.1) is 10.2 Å². The van der Waals surface area contributed by atoms with Gasteiger partial charge >= 0.3 is 0 Å². The van der Waals surface area contributed by atoms with Crippen molar-refractivity contribution in [3.05, 3.63) is 65.5 Å². The Balaban J connectivity index is 1.59. The highest BCUT2D eigenvalue weighted by molar-refractivity contribution is 7.99. The second-order valence-corrected chi connectivity index (χ2v) is 7.67. The first-order valence-corrected chi connectivity index (χ1v) is 10.8. The van der Waals surface area contributed by atoms with Gasteiger partial charge in [0.15, 0.2) is 11.0 Å². The summed E-state index contributed by atoms with van der Waals surface area (Å²) in [7, 11) is 1.57. The third-order valence-electron chi connectivity index (χ3n) is 4.51. The predicted molar refractivity (Wildman–Crippen MR) is 120 cm³/mol. The minimum absolute atomic E-state index is 0.168. The van der Waals surface area contributed by atoms with Crippen LogP contribution in [0, 0.1) is 6.92 Å². The van der Waals surface area contributed by atoms with E-state index in [1.807, 2.05) is 54.8 Å². The Morgan fingerprint density at radius 2 is 1.90 bits per heavy atom. The fourth-order valence-electron chi connectivity index (χ4n) is 2.96. The number of anilines is 1. The minimum atomic E-state index is -0.174. The molecule has 162 valence electrons. The van der Waals surface area contributed by atoms with Crippen molar-refractivity contribution < 1.29 is 14.3 Å². The van der Waals surface area contributed by atoms with Gasteiger partial charge in [-0.3, -0.25) is 9.59 Å². The molecule has 0 aliphatic heterocycles. The number of carbonyl (C=O) groups is 2. The lowest BCUT2D eigenvalue weighted by Crippen LogP contribution is -2.24. The van der Waals surface area contributed by atoms with Crippen LogP contribution < -0.4 is 15.4 Å². The molecule has 8 nitrogen and oxygen atoms in total. The quantitative estimate of drug-likeness (QED) is 0.497. The molecule has 2 N–H and O–H groups in total. The van der Waals surface area contributed by atoms with Crippen molar-refractivity contribution in [3.63, 3.8) is 0 Å². The molecule has 0 radical (unpaired) electrons. The third kappa shape index (κ3) is 5.85. The Labute approximate surface area is 185 Å². The zero-order valence-electron chi connectivity index (χ0n) is 17.7. The van der Waals surface area contributed by atoms with Crippen molar-refractivity contribution in [1.29, 1.82) is 0 Å². The van der Waals surface area contributed by atoms with E-state index >= 15 is 0 Å². The van der Waals surface area contributed by atoms with Crippen molar-refractivity contribution in [1.82, 2.24) is 20.1 Å². The maximum atomic E-state index is 12.4. The van der Waals surface area contributed by atoms with Gasteiger partial charge < -0.3 is 19.9 Å². The first kappa shape index (κ1) is 22.4. The Morgan fingerprint density at radius 1 is 1.13 bits per heavy atom. The van der Waals surface area contributed by atoms with Crippen LogP contribution in [0.2, 0.25) is 0 Å². The summed E-state index contributed by atoms with van der Waals surface area (Å²) in [6, 6.07) is 14.6. The molecule has 9 heteroatoms. The number of benzene rings is 2. The zero-order chi connectivity index (χ0) is 22.2. The molecule has 0 aliphatic carbocycles. The lowest BCUT2D eigenvalue weighted by Gasteiger charge is -2.11. The van der Waals surface area contributed by atoms with E-state index in [1.165, 1.54) is 11.8 Å². The number of hydrogen-bond acceptors (Lipinski definition) is 6. The van der Waals surface area contributed by atoms with Crippen LogP contribution >= 0.6 is 11.8 Å². The Bertz CT molecular complexity index is 1050. The predicted octanol–water partition coefficient (Wildman–Crippen LogP) is 3.28. The highest BCUT2D eigenvalue weighted by atomic mass is 32.2. The maximum absolute atomic E-state index is 12.4. The van der Waals surface area contributed by atoms with Gasteiger partial charge in [-0.1, -0.05) is 36.0 Å². The summed E-state index contributed by atoms with van der Waals surface area (Å²) in [5.41, 5.74) is 2.24. The van der Waals surface area contributed by atoms with Crippen LogP contribution in [-0.4, -0.2) is 39.4 Å². The lowest BCUT2D eigenvalue weighted by molar-refractivity contribution is -0.113. The number of ether oxygens (including phenoxy) is 1. The van der Waals surface area contributed by atoms with Gasteiger partial charge in [-0.25, -0.2) is 0 Å². The molecule has 3 aromatic rings. The van der Waals surface area contributed by atoms with E-state index in [1.54, 1.807) is 19.2 Å².